The van der Waals surface area contributed by atoms with Gasteiger partial charge >= 0.3 is 5.97 Å². The second-order valence-electron chi connectivity index (χ2n) is 8.32. The number of nitrogens with one attached hydrogen (secondary N) is 1. The van der Waals surface area contributed by atoms with Gasteiger partial charge in [0.2, 0.25) is 11.8 Å². The topological polar surface area (TPSA) is 134 Å². The zero-order chi connectivity index (χ0) is 23.7. The maximum atomic E-state index is 12.8. The van der Waals surface area contributed by atoms with Crippen molar-refractivity contribution in [2.24, 2.45) is 11.8 Å². The molecule has 3 N–H and O–H groups in total. The summed E-state index contributed by atoms with van der Waals surface area (Å²) in [4.78, 5) is 40.5. The van der Waals surface area contributed by atoms with Crippen LogP contribution in [0.4, 0.5) is 0 Å². The number of carbonyl (C=O) groups excluding carboxylic acids is 2. The molecule has 2 fully saturated rings. The zero-order valence-electron chi connectivity index (χ0n) is 18.6. The van der Waals surface area contributed by atoms with Crippen LogP contribution in [0, 0.1) is 23.3 Å². The molecule has 176 valence electrons. The number of fused-ring (bicyclic) bond motifs is 1. The maximum Gasteiger partial charge on any atom is 0.353 e. The molecule has 0 spiro atoms. The van der Waals surface area contributed by atoms with Crippen LogP contribution in [0.5, 0.6) is 0 Å². The van der Waals surface area contributed by atoms with Crippen LogP contribution in [-0.4, -0.2) is 85.3 Å². The molecule has 7 atom stereocenters. The van der Waals surface area contributed by atoms with E-state index < -0.39 is 18.0 Å². The lowest BCUT2D eigenvalue weighted by Crippen LogP contribution is -2.63. The summed E-state index contributed by atoms with van der Waals surface area (Å²) in [5.41, 5.74) is 0.0232. The van der Waals surface area contributed by atoms with E-state index in [2.05, 4.69) is 5.32 Å². The van der Waals surface area contributed by atoms with Crippen molar-refractivity contribution in [1.82, 2.24) is 15.1 Å². The number of carboxylic acids is 1. The Morgan fingerprint density at radius 2 is 2.09 bits per heavy atom. The summed E-state index contributed by atoms with van der Waals surface area (Å²) in [6, 6.07) is -0.457. The van der Waals surface area contributed by atoms with Crippen LogP contribution in [0.15, 0.2) is 10.6 Å². The van der Waals surface area contributed by atoms with Crippen molar-refractivity contribution in [3.63, 3.8) is 0 Å². The smallest absolute Gasteiger partial charge is 0.353 e. The number of aliphatic hydroxyl groups is 1. The molecule has 0 aliphatic carbocycles. The molecule has 0 aromatic rings. The fourth-order valence-electron chi connectivity index (χ4n) is 4.88. The molecule has 3 aliphatic heterocycles. The van der Waals surface area contributed by atoms with Crippen LogP contribution >= 0.6 is 23.5 Å². The molecule has 2 saturated heterocycles. The Morgan fingerprint density at radius 3 is 2.62 bits per heavy atom. The number of amides is 2. The Kier molecular flexibility index (Phi) is 7.81. The van der Waals surface area contributed by atoms with Gasteiger partial charge in [0, 0.05) is 35.2 Å². The van der Waals surface area contributed by atoms with Crippen molar-refractivity contribution in [1.29, 1.82) is 5.26 Å². The first-order chi connectivity index (χ1) is 15.2. The van der Waals surface area contributed by atoms with Gasteiger partial charge in [0.05, 0.1) is 18.1 Å². The minimum absolute atomic E-state index is 0.0232. The summed E-state index contributed by atoms with van der Waals surface area (Å²) in [5, 5.41) is 32.1. The minimum Gasteiger partial charge on any atom is -0.477 e. The van der Waals surface area contributed by atoms with E-state index in [0.717, 1.165) is 5.75 Å². The fraction of sp³-hybridized carbons (Fsp3) is 0.714. The lowest BCUT2D eigenvalue weighted by atomic mass is 9.79. The van der Waals surface area contributed by atoms with Gasteiger partial charge in [0.15, 0.2) is 6.19 Å². The third kappa shape index (κ3) is 4.25. The molecule has 3 rings (SSSR count). The molecular formula is C21H30N4O5S2. The highest BCUT2D eigenvalue weighted by molar-refractivity contribution is 8.03. The van der Waals surface area contributed by atoms with Crippen LogP contribution in [-0.2, 0) is 14.4 Å². The first-order valence-corrected chi connectivity index (χ1v) is 12.8. The summed E-state index contributed by atoms with van der Waals surface area (Å²) < 4.78 is 0. The molecular weight excluding hydrogens is 452 g/mol. The second kappa shape index (κ2) is 10.0. The summed E-state index contributed by atoms with van der Waals surface area (Å²) in [7, 11) is 0. The summed E-state index contributed by atoms with van der Waals surface area (Å²) in [6.07, 6.45) is 1.77. The lowest BCUT2D eigenvalue weighted by Gasteiger charge is -2.46. The highest BCUT2D eigenvalue weighted by Crippen LogP contribution is 2.52. The largest absolute Gasteiger partial charge is 0.477 e. The standard InChI is InChI=1S/C21H30N4O5S2/c1-5-24(9-22)20(28)18(31-6-2)13-7-12(8-23-13)32-17-10(3)15-14(11(4)26)19(27)25(15)16(17)21(29)30/h10-15,18,23,26H,5-8H2,1-4H3,(H,29,30)/t10-,11-,12+,13+,14-,15-,18?/m1/s1. The van der Waals surface area contributed by atoms with Gasteiger partial charge in [0.25, 0.3) is 0 Å². The summed E-state index contributed by atoms with van der Waals surface area (Å²) in [5.74, 6) is -1.71. The minimum atomic E-state index is -1.14. The molecule has 11 heteroatoms. The third-order valence-corrected chi connectivity index (χ3v) is 9.12. The molecule has 3 heterocycles. The quantitative estimate of drug-likeness (QED) is 0.250. The van der Waals surface area contributed by atoms with Gasteiger partial charge in [-0.2, -0.15) is 5.26 Å². The van der Waals surface area contributed by atoms with Crippen molar-refractivity contribution in [3.8, 4) is 6.19 Å². The maximum absolute atomic E-state index is 12.8. The molecule has 32 heavy (non-hydrogen) atoms. The molecule has 1 unspecified atom stereocenters. The number of thioether (sulfide) groups is 2. The van der Waals surface area contributed by atoms with Gasteiger partial charge in [-0.15, -0.1) is 23.5 Å². The average molecular weight is 483 g/mol. The number of aliphatic hydroxyl groups excluding tert-OH is 1. The zero-order valence-corrected chi connectivity index (χ0v) is 20.3. The van der Waals surface area contributed by atoms with Crippen molar-refractivity contribution in [2.75, 3.05) is 18.8 Å². The SMILES string of the molecule is CCSC(C(=O)N(C#N)CC)[C@@H]1C[C@H](SC2=C(C(=O)O)N3C(=O)[C@H]([C@@H](C)O)[C@H]3[C@H]2C)CN1. The Bertz CT molecular complexity index is 858. The summed E-state index contributed by atoms with van der Waals surface area (Å²) >= 11 is 2.96. The number of hydrogen-bond donors (Lipinski definition) is 3. The molecule has 0 aromatic carbocycles. The van der Waals surface area contributed by atoms with Crippen LogP contribution in [0.25, 0.3) is 0 Å². The Labute approximate surface area is 196 Å². The van der Waals surface area contributed by atoms with E-state index in [9.17, 15) is 29.9 Å². The Morgan fingerprint density at radius 1 is 1.41 bits per heavy atom. The predicted molar refractivity (Wildman–Crippen MR) is 122 cm³/mol. The average Bonchev–Trinajstić information content (AvgIpc) is 3.28. The van der Waals surface area contributed by atoms with Gasteiger partial charge in [-0.3, -0.25) is 9.59 Å². The number of hydrogen-bond acceptors (Lipinski definition) is 8. The molecule has 0 aromatic heterocycles. The molecule has 9 nitrogen and oxygen atoms in total. The van der Waals surface area contributed by atoms with Crippen molar-refractivity contribution in [3.05, 3.63) is 10.6 Å². The number of carboxylic acid groups (broad SMARTS) is 1. The molecule has 0 saturated carbocycles. The number of β-lactam (4-membered cyclic amide) rings is 1. The highest BCUT2D eigenvalue weighted by atomic mass is 32.2. The first kappa shape index (κ1) is 24.9. The normalized spacial score (nSPS) is 31.1. The Hall–Kier alpha value is -1.74. The van der Waals surface area contributed by atoms with E-state index in [1.54, 1.807) is 13.8 Å². The van der Waals surface area contributed by atoms with Crippen LogP contribution in [0.1, 0.15) is 34.1 Å². The van der Waals surface area contributed by atoms with E-state index in [-0.39, 0.29) is 46.0 Å². The van der Waals surface area contributed by atoms with E-state index in [1.807, 2.05) is 20.0 Å². The number of nitrogens with zero attached hydrogens (tertiary/aromatic N) is 3. The first-order valence-electron chi connectivity index (χ1n) is 10.9. The van der Waals surface area contributed by atoms with Gasteiger partial charge < -0.3 is 20.4 Å². The molecule has 3 aliphatic rings. The van der Waals surface area contributed by atoms with Gasteiger partial charge in [-0.05, 0) is 26.0 Å². The number of rotatable bonds is 9. The summed E-state index contributed by atoms with van der Waals surface area (Å²) in [6.45, 7) is 8.13. The van der Waals surface area contributed by atoms with Gasteiger partial charge in [-0.1, -0.05) is 13.8 Å². The van der Waals surface area contributed by atoms with E-state index in [0.29, 0.717) is 24.4 Å². The van der Waals surface area contributed by atoms with Crippen molar-refractivity contribution in [2.45, 2.75) is 62.8 Å². The predicted octanol–water partition coefficient (Wildman–Crippen LogP) is 1.06. The van der Waals surface area contributed by atoms with Crippen molar-refractivity contribution < 1.29 is 24.6 Å². The van der Waals surface area contributed by atoms with E-state index >= 15 is 0 Å². The van der Waals surface area contributed by atoms with Crippen LogP contribution in [0.3, 0.4) is 0 Å². The number of carbonyl (C=O) groups is 3. The highest BCUT2D eigenvalue weighted by Gasteiger charge is 2.60. The number of nitriles is 1. The number of aliphatic carboxylic acids is 1. The van der Waals surface area contributed by atoms with Gasteiger partial charge in [0.1, 0.15) is 10.9 Å². The monoisotopic (exact) mass is 482 g/mol. The molecule has 0 radical (unpaired) electrons. The molecule has 0 bridgehead atoms. The van der Waals surface area contributed by atoms with E-state index in [4.69, 9.17) is 0 Å². The lowest BCUT2D eigenvalue weighted by molar-refractivity contribution is -0.163. The second-order valence-corrected chi connectivity index (χ2v) is 11.1. The van der Waals surface area contributed by atoms with E-state index in [1.165, 1.54) is 33.3 Å². The van der Waals surface area contributed by atoms with Crippen molar-refractivity contribution >= 4 is 41.3 Å². The van der Waals surface area contributed by atoms with Crippen LogP contribution < -0.4 is 5.32 Å². The Balaban J connectivity index is 1.76. The third-order valence-electron chi connectivity index (χ3n) is 6.39. The van der Waals surface area contributed by atoms with Gasteiger partial charge in [-0.25, -0.2) is 9.69 Å². The van der Waals surface area contributed by atoms with Crippen LogP contribution in [0.2, 0.25) is 0 Å². The molecule has 2 amide bonds. The fourth-order valence-corrected chi connectivity index (χ4v) is 7.44.